The summed E-state index contributed by atoms with van der Waals surface area (Å²) in [6, 6.07) is 3.39. The van der Waals surface area contributed by atoms with Crippen molar-refractivity contribution in [2.24, 2.45) is 0 Å². The number of pyridine rings is 1. The Bertz CT molecular complexity index is 709. The van der Waals surface area contributed by atoms with Gasteiger partial charge in [-0.15, -0.1) is 0 Å². The lowest BCUT2D eigenvalue weighted by Crippen LogP contribution is -2.34. The van der Waals surface area contributed by atoms with Gasteiger partial charge in [0.25, 0.3) is 0 Å². The standard InChI is InChI=1S/C14H15N3O3S/c15-6-2-7-17(13-4-5-13)21(19,20)14-9-12(3-1-8-18)10-16-11-14/h9-11,13,18H,2,4-5,7-8H2. The highest BCUT2D eigenvalue weighted by Crippen LogP contribution is 2.32. The number of sulfonamides is 1. The molecule has 0 bridgehead atoms. The van der Waals surface area contributed by atoms with Gasteiger partial charge in [-0.3, -0.25) is 4.98 Å². The fraction of sp³-hybridized carbons (Fsp3) is 0.429. The Labute approximate surface area is 124 Å². The number of aromatic nitrogens is 1. The Morgan fingerprint density at radius 2 is 2.19 bits per heavy atom. The highest BCUT2D eigenvalue weighted by atomic mass is 32.2. The number of aliphatic hydroxyl groups is 1. The first-order valence-electron chi connectivity index (χ1n) is 6.53. The van der Waals surface area contributed by atoms with Crippen molar-refractivity contribution in [3.8, 4) is 17.9 Å². The molecule has 0 aromatic carbocycles. The second kappa shape index (κ2) is 6.68. The molecule has 0 amide bonds. The van der Waals surface area contributed by atoms with Gasteiger partial charge in [-0.25, -0.2) is 8.42 Å². The van der Waals surface area contributed by atoms with Gasteiger partial charge in [0.2, 0.25) is 10.0 Å². The van der Waals surface area contributed by atoms with E-state index >= 15 is 0 Å². The maximum absolute atomic E-state index is 12.6. The highest BCUT2D eigenvalue weighted by molar-refractivity contribution is 7.89. The molecule has 1 heterocycles. The number of aliphatic hydroxyl groups excluding tert-OH is 1. The van der Waals surface area contributed by atoms with Crippen molar-refractivity contribution in [2.75, 3.05) is 13.2 Å². The number of nitriles is 1. The van der Waals surface area contributed by atoms with E-state index in [1.165, 1.54) is 22.8 Å². The fourth-order valence-electron chi connectivity index (χ4n) is 1.93. The lowest BCUT2D eigenvalue weighted by Gasteiger charge is -2.20. The Morgan fingerprint density at radius 1 is 1.43 bits per heavy atom. The number of rotatable bonds is 5. The predicted octanol–water partition coefficient (Wildman–Crippen LogP) is 0.492. The van der Waals surface area contributed by atoms with Crippen LogP contribution in [0.4, 0.5) is 0 Å². The summed E-state index contributed by atoms with van der Waals surface area (Å²) in [7, 11) is -3.67. The molecule has 0 atom stereocenters. The zero-order valence-electron chi connectivity index (χ0n) is 11.4. The molecule has 7 heteroatoms. The van der Waals surface area contributed by atoms with Crippen LogP contribution >= 0.6 is 0 Å². The lowest BCUT2D eigenvalue weighted by molar-refractivity contribution is 0.350. The second-order valence-corrected chi connectivity index (χ2v) is 6.51. The molecule has 0 saturated heterocycles. The van der Waals surface area contributed by atoms with Crippen LogP contribution in [0, 0.1) is 23.2 Å². The monoisotopic (exact) mass is 305 g/mol. The van der Waals surface area contributed by atoms with Crippen molar-refractivity contribution in [3.05, 3.63) is 24.0 Å². The summed E-state index contributed by atoms with van der Waals surface area (Å²) in [5.74, 6) is 5.09. The van der Waals surface area contributed by atoms with E-state index in [1.807, 2.05) is 6.07 Å². The molecule has 1 aliphatic rings. The molecule has 0 unspecified atom stereocenters. The summed E-state index contributed by atoms with van der Waals surface area (Å²) in [5.41, 5.74) is 0.432. The molecule has 0 spiro atoms. The third kappa shape index (κ3) is 3.79. The molecule has 0 radical (unpaired) electrons. The van der Waals surface area contributed by atoms with E-state index in [4.69, 9.17) is 10.4 Å². The van der Waals surface area contributed by atoms with E-state index in [-0.39, 0.29) is 30.5 Å². The Hall–Kier alpha value is -1.93. The molecular weight excluding hydrogens is 290 g/mol. The van der Waals surface area contributed by atoms with Gasteiger partial charge in [0.1, 0.15) is 11.5 Å². The molecule has 1 N–H and O–H groups in total. The zero-order valence-corrected chi connectivity index (χ0v) is 12.2. The van der Waals surface area contributed by atoms with E-state index in [0.717, 1.165) is 12.8 Å². The van der Waals surface area contributed by atoms with Crippen LogP contribution in [0.5, 0.6) is 0 Å². The van der Waals surface area contributed by atoms with Gasteiger partial charge >= 0.3 is 0 Å². The van der Waals surface area contributed by atoms with E-state index in [9.17, 15) is 8.42 Å². The molecule has 1 saturated carbocycles. The van der Waals surface area contributed by atoms with Crippen molar-refractivity contribution in [1.82, 2.24) is 9.29 Å². The summed E-state index contributed by atoms with van der Waals surface area (Å²) in [6.07, 6.45) is 4.52. The van der Waals surface area contributed by atoms with E-state index in [1.54, 1.807) is 0 Å². The third-order valence-corrected chi connectivity index (χ3v) is 4.95. The van der Waals surface area contributed by atoms with Gasteiger partial charge in [0, 0.05) is 37.0 Å². The SMILES string of the molecule is N#CCCN(C1CC1)S(=O)(=O)c1cncc(C#CCO)c1. The molecule has 2 rings (SSSR count). The third-order valence-electron chi connectivity index (χ3n) is 3.03. The first-order chi connectivity index (χ1) is 10.1. The molecule has 6 nitrogen and oxygen atoms in total. The van der Waals surface area contributed by atoms with E-state index in [0.29, 0.717) is 5.56 Å². The van der Waals surface area contributed by atoms with Crippen molar-refractivity contribution >= 4 is 10.0 Å². The van der Waals surface area contributed by atoms with Crippen molar-refractivity contribution in [1.29, 1.82) is 5.26 Å². The quantitative estimate of drug-likeness (QED) is 0.799. The van der Waals surface area contributed by atoms with Crippen LogP contribution in [0.2, 0.25) is 0 Å². The first-order valence-corrected chi connectivity index (χ1v) is 7.97. The highest BCUT2D eigenvalue weighted by Gasteiger charge is 2.37. The molecule has 110 valence electrons. The van der Waals surface area contributed by atoms with Gasteiger partial charge in [-0.2, -0.15) is 9.57 Å². The Balaban J connectivity index is 2.31. The average molecular weight is 305 g/mol. The molecule has 0 aliphatic heterocycles. The van der Waals surface area contributed by atoms with Crippen LogP contribution < -0.4 is 0 Å². The van der Waals surface area contributed by atoms with Crippen LogP contribution in [0.25, 0.3) is 0 Å². The minimum atomic E-state index is -3.67. The van der Waals surface area contributed by atoms with E-state index < -0.39 is 10.0 Å². The minimum absolute atomic E-state index is 0.0180. The first kappa shape index (κ1) is 15.5. The largest absolute Gasteiger partial charge is 0.384 e. The normalized spacial score (nSPS) is 14.3. The zero-order chi connectivity index (χ0) is 15.3. The number of nitrogens with zero attached hydrogens (tertiary/aromatic N) is 3. The lowest BCUT2D eigenvalue weighted by atomic mass is 10.3. The Kier molecular flexibility index (Phi) is 4.92. The summed E-state index contributed by atoms with van der Waals surface area (Å²) in [4.78, 5) is 3.96. The predicted molar refractivity (Wildman–Crippen MR) is 75.3 cm³/mol. The molecular formula is C14H15N3O3S. The maximum Gasteiger partial charge on any atom is 0.244 e. The molecule has 1 aliphatic carbocycles. The molecule has 1 aromatic heterocycles. The summed E-state index contributed by atoms with van der Waals surface area (Å²) < 4.78 is 26.6. The molecule has 21 heavy (non-hydrogen) atoms. The fourth-order valence-corrected chi connectivity index (χ4v) is 3.60. The van der Waals surface area contributed by atoms with Gasteiger partial charge in [0.15, 0.2) is 0 Å². The summed E-state index contributed by atoms with van der Waals surface area (Å²) >= 11 is 0. The van der Waals surface area contributed by atoms with Crippen LogP contribution in [0.15, 0.2) is 23.4 Å². The van der Waals surface area contributed by atoms with E-state index in [2.05, 4.69) is 16.8 Å². The van der Waals surface area contributed by atoms with Crippen molar-refractivity contribution in [3.63, 3.8) is 0 Å². The number of hydrogen-bond acceptors (Lipinski definition) is 5. The topological polar surface area (TPSA) is 94.3 Å². The summed E-state index contributed by atoms with van der Waals surface area (Å²) in [5, 5.41) is 17.3. The summed E-state index contributed by atoms with van der Waals surface area (Å²) in [6.45, 7) is -0.108. The van der Waals surface area contributed by atoms with Crippen molar-refractivity contribution in [2.45, 2.75) is 30.2 Å². The average Bonchev–Trinajstić information content (AvgIpc) is 3.30. The maximum atomic E-state index is 12.6. The van der Waals surface area contributed by atoms with Gasteiger partial charge in [0.05, 0.1) is 6.07 Å². The van der Waals surface area contributed by atoms with Crippen LogP contribution in [0.3, 0.4) is 0 Å². The smallest absolute Gasteiger partial charge is 0.244 e. The van der Waals surface area contributed by atoms with Crippen LogP contribution in [-0.2, 0) is 10.0 Å². The second-order valence-electron chi connectivity index (χ2n) is 4.62. The van der Waals surface area contributed by atoms with Gasteiger partial charge in [-0.1, -0.05) is 11.8 Å². The van der Waals surface area contributed by atoms with Crippen LogP contribution in [0.1, 0.15) is 24.8 Å². The molecule has 1 aromatic rings. The van der Waals surface area contributed by atoms with Crippen molar-refractivity contribution < 1.29 is 13.5 Å². The van der Waals surface area contributed by atoms with Gasteiger partial charge in [-0.05, 0) is 18.9 Å². The minimum Gasteiger partial charge on any atom is -0.384 e. The Morgan fingerprint density at radius 3 is 2.81 bits per heavy atom. The molecule has 1 fully saturated rings. The number of hydrogen-bond donors (Lipinski definition) is 1. The van der Waals surface area contributed by atoms with Gasteiger partial charge < -0.3 is 5.11 Å². The van der Waals surface area contributed by atoms with Crippen LogP contribution in [-0.4, -0.2) is 42.0 Å².